The number of carbonyl (C=O) groups excluding carboxylic acids is 1. The SMILES string of the molecule is CC1=C[C@H](O)C(=O)C=C1. The van der Waals surface area contributed by atoms with Crippen molar-refractivity contribution >= 4 is 5.78 Å². The van der Waals surface area contributed by atoms with Crippen LogP contribution in [-0.2, 0) is 4.79 Å². The molecule has 0 saturated carbocycles. The molecule has 1 rings (SSSR count). The highest BCUT2D eigenvalue weighted by Crippen LogP contribution is 2.05. The molecule has 0 heterocycles. The van der Waals surface area contributed by atoms with E-state index in [9.17, 15) is 4.79 Å². The summed E-state index contributed by atoms with van der Waals surface area (Å²) in [4.78, 5) is 10.6. The molecule has 48 valence electrons. The van der Waals surface area contributed by atoms with E-state index in [0.29, 0.717) is 0 Å². The molecule has 0 aromatic carbocycles. The fourth-order valence-electron chi connectivity index (χ4n) is 0.699. The maximum absolute atomic E-state index is 10.6. The molecule has 0 aliphatic heterocycles. The van der Waals surface area contributed by atoms with E-state index in [4.69, 9.17) is 5.11 Å². The van der Waals surface area contributed by atoms with Gasteiger partial charge in [0.25, 0.3) is 0 Å². The predicted molar refractivity (Wildman–Crippen MR) is 33.9 cm³/mol. The Hall–Kier alpha value is -0.890. The van der Waals surface area contributed by atoms with E-state index in [1.165, 1.54) is 12.2 Å². The largest absolute Gasteiger partial charge is 0.381 e. The van der Waals surface area contributed by atoms with Gasteiger partial charge in [-0.2, -0.15) is 0 Å². The smallest absolute Gasteiger partial charge is 0.188 e. The Labute approximate surface area is 53.5 Å². The van der Waals surface area contributed by atoms with Crippen molar-refractivity contribution in [2.24, 2.45) is 0 Å². The number of rotatable bonds is 0. The van der Waals surface area contributed by atoms with Crippen LogP contribution in [0, 0.1) is 0 Å². The summed E-state index contributed by atoms with van der Waals surface area (Å²) >= 11 is 0. The number of hydrogen-bond donors (Lipinski definition) is 1. The van der Waals surface area contributed by atoms with Crippen molar-refractivity contribution in [3.63, 3.8) is 0 Å². The zero-order valence-electron chi connectivity index (χ0n) is 5.16. The summed E-state index contributed by atoms with van der Waals surface area (Å²) in [6.07, 6.45) is 3.70. The lowest BCUT2D eigenvalue weighted by Crippen LogP contribution is -2.17. The molecule has 0 aromatic heterocycles. The highest BCUT2D eigenvalue weighted by atomic mass is 16.3. The van der Waals surface area contributed by atoms with Crippen molar-refractivity contribution in [1.29, 1.82) is 0 Å². The van der Waals surface area contributed by atoms with Gasteiger partial charge < -0.3 is 5.11 Å². The number of hydrogen-bond acceptors (Lipinski definition) is 2. The lowest BCUT2D eigenvalue weighted by molar-refractivity contribution is -0.120. The Kier molecular flexibility index (Phi) is 1.49. The zero-order chi connectivity index (χ0) is 6.85. The molecule has 0 bridgehead atoms. The van der Waals surface area contributed by atoms with Gasteiger partial charge in [0.1, 0.15) is 6.10 Å². The second-order valence-corrected chi connectivity index (χ2v) is 2.09. The highest BCUT2D eigenvalue weighted by molar-refractivity contribution is 5.96. The van der Waals surface area contributed by atoms with Gasteiger partial charge in [0, 0.05) is 0 Å². The molecular formula is C7H8O2. The second-order valence-electron chi connectivity index (χ2n) is 2.09. The molecule has 1 N–H and O–H groups in total. The molecule has 2 nitrogen and oxygen atoms in total. The van der Waals surface area contributed by atoms with Crippen LogP contribution in [-0.4, -0.2) is 17.0 Å². The first-order valence-corrected chi connectivity index (χ1v) is 2.78. The minimum absolute atomic E-state index is 0.236. The van der Waals surface area contributed by atoms with Crippen LogP contribution in [0.3, 0.4) is 0 Å². The van der Waals surface area contributed by atoms with Crippen LogP contribution in [0.1, 0.15) is 6.92 Å². The van der Waals surface area contributed by atoms with Crippen molar-refractivity contribution in [3.05, 3.63) is 23.8 Å². The van der Waals surface area contributed by atoms with E-state index in [-0.39, 0.29) is 5.78 Å². The van der Waals surface area contributed by atoms with Crippen LogP contribution in [0.5, 0.6) is 0 Å². The van der Waals surface area contributed by atoms with Gasteiger partial charge in [-0.25, -0.2) is 0 Å². The van der Waals surface area contributed by atoms with E-state index < -0.39 is 6.10 Å². The normalized spacial score (nSPS) is 26.2. The average Bonchev–Trinajstić information content (AvgIpc) is 1.80. The van der Waals surface area contributed by atoms with Crippen LogP contribution in [0.4, 0.5) is 0 Å². The molecule has 0 fully saturated rings. The Balaban J connectivity index is 2.82. The molecular weight excluding hydrogens is 116 g/mol. The molecule has 0 spiro atoms. The number of carbonyl (C=O) groups is 1. The first-order valence-electron chi connectivity index (χ1n) is 2.78. The summed E-state index contributed by atoms with van der Waals surface area (Å²) in [7, 11) is 0. The Morgan fingerprint density at radius 2 is 2.22 bits per heavy atom. The Bertz CT molecular complexity index is 189. The molecule has 0 amide bonds. The van der Waals surface area contributed by atoms with Crippen molar-refractivity contribution < 1.29 is 9.90 Å². The summed E-state index contributed by atoms with van der Waals surface area (Å²) in [6.45, 7) is 1.84. The first-order chi connectivity index (χ1) is 4.20. The molecule has 1 aliphatic carbocycles. The maximum Gasteiger partial charge on any atom is 0.188 e. The van der Waals surface area contributed by atoms with Gasteiger partial charge in [0.15, 0.2) is 5.78 Å². The molecule has 0 radical (unpaired) electrons. The van der Waals surface area contributed by atoms with E-state index >= 15 is 0 Å². The van der Waals surface area contributed by atoms with Gasteiger partial charge in [0.05, 0.1) is 0 Å². The van der Waals surface area contributed by atoms with Crippen LogP contribution < -0.4 is 0 Å². The highest BCUT2D eigenvalue weighted by Gasteiger charge is 2.11. The monoisotopic (exact) mass is 124 g/mol. The van der Waals surface area contributed by atoms with Crippen LogP contribution in [0.15, 0.2) is 23.8 Å². The van der Waals surface area contributed by atoms with Gasteiger partial charge in [-0.15, -0.1) is 0 Å². The summed E-state index contributed by atoms with van der Waals surface area (Å²) in [6, 6.07) is 0. The van der Waals surface area contributed by atoms with Crippen molar-refractivity contribution in [3.8, 4) is 0 Å². The van der Waals surface area contributed by atoms with E-state index in [1.807, 2.05) is 6.92 Å². The average molecular weight is 124 g/mol. The van der Waals surface area contributed by atoms with E-state index in [1.54, 1.807) is 6.08 Å². The minimum atomic E-state index is -0.907. The standard InChI is InChI=1S/C7H8O2/c1-5-2-3-6(8)7(9)4-5/h2-4,7,9H,1H3/t7-/m0/s1. The van der Waals surface area contributed by atoms with E-state index in [0.717, 1.165) is 5.57 Å². The van der Waals surface area contributed by atoms with Crippen molar-refractivity contribution in [1.82, 2.24) is 0 Å². The summed E-state index contributed by atoms with van der Waals surface area (Å²) in [5.41, 5.74) is 0.933. The van der Waals surface area contributed by atoms with Gasteiger partial charge in [-0.1, -0.05) is 11.6 Å². The number of ketones is 1. The number of aliphatic hydroxyl groups excluding tert-OH is 1. The summed E-state index contributed by atoms with van der Waals surface area (Å²) in [5, 5.41) is 8.87. The third kappa shape index (κ3) is 1.27. The van der Waals surface area contributed by atoms with Gasteiger partial charge in [-0.05, 0) is 19.1 Å². The fraction of sp³-hybridized carbons (Fsp3) is 0.286. The lowest BCUT2D eigenvalue weighted by Gasteiger charge is -2.05. The Morgan fingerprint density at radius 3 is 2.67 bits per heavy atom. The van der Waals surface area contributed by atoms with Crippen LogP contribution in [0.2, 0.25) is 0 Å². The van der Waals surface area contributed by atoms with Crippen LogP contribution in [0.25, 0.3) is 0 Å². The van der Waals surface area contributed by atoms with E-state index in [2.05, 4.69) is 0 Å². The Morgan fingerprint density at radius 1 is 1.56 bits per heavy atom. The van der Waals surface area contributed by atoms with Gasteiger partial charge in [0.2, 0.25) is 0 Å². The fourth-order valence-corrected chi connectivity index (χ4v) is 0.699. The lowest BCUT2D eigenvalue weighted by atomic mass is 10.1. The van der Waals surface area contributed by atoms with Crippen molar-refractivity contribution in [2.45, 2.75) is 13.0 Å². The number of aliphatic hydroxyl groups is 1. The summed E-state index contributed by atoms with van der Waals surface area (Å²) < 4.78 is 0. The van der Waals surface area contributed by atoms with Gasteiger partial charge in [-0.3, -0.25) is 4.79 Å². The molecule has 1 aliphatic rings. The minimum Gasteiger partial charge on any atom is -0.381 e. The van der Waals surface area contributed by atoms with Gasteiger partial charge >= 0.3 is 0 Å². The molecule has 1 atom stereocenters. The predicted octanol–water partition coefficient (Wildman–Crippen LogP) is 0.433. The first kappa shape index (κ1) is 6.23. The molecule has 0 unspecified atom stereocenters. The second kappa shape index (κ2) is 2.15. The summed E-state index contributed by atoms with van der Waals surface area (Å²) in [5.74, 6) is -0.236. The third-order valence-corrected chi connectivity index (χ3v) is 1.22. The third-order valence-electron chi connectivity index (χ3n) is 1.22. The topological polar surface area (TPSA) is 37.3 Å². The molecule has 2 heteroatoms. The molecule has 9 heavy (non-hydrogen) atoms. The zero-order valence-corrected chi connectivity index (χ0v) is 5.16. The van der Waals surface area contributed by atoms with Crippen LogP contribution >= 0.6 is 0 Å². The quantitative estimate of drug-likeness (QED) is 0.508. The maximum atomic E-state index is 10.6. The number of allylic oxidation sites excluding steroid dienone is 2. The molecule has 0 saturated heterocycles. The van der Waals surface area contributed by atoms with Crippen molar-refractivity contribution in [2.75, 3.05) is 0 Å². The molecule has 0 aromatic rings.